The van der Waals surface area contributed by atoms with Crippen molar-refractivity contribution in [2.75, 3.05) is 62.6 Å². The fraction of sp³-hybridized carbons (Fsp3) is 0.321. The van der Waals surface area contributed by atoms with Crippen molar-refractivity contribution in [2.45, 2.75) is 6.42 Å². The summed E-state index contributed by atoms with van der Waals surface area (Å²) in [6.45, 7) is 5.28. The zero-order valence-corrected chi connectivity index (χ0v) is 21.2. The third kappa shape index (κ3) is 5.81. The molecule has 0 atom stereocenters. The van der Waals surface area contributed by atoms with Gasteiger partial charge in [0.1, 0.15) is 0 Å². The predicted molar refractivity (Wildman–Crippen MR) is 144 cm³/mol. The van der Waals surface area contributed by atoms with Gasteiger partial charge in [-0.25, -0.2) is 0 Å². The lowest BCUT2D eigenvalue weighted by atomic mass is 10.1. The highest BCUT2D eigenvalue weighted by Crippen LogP contribution is 2.30. The topological polar surface area (TPSA) is 111 Å². The Morgan fingerprint density at radius 3 is 2.26 bits per heavy atom. The molecule has 2 aromatic heterocycles. The molecule has 0 aliphatic carbocycles. The molecular weight excluding hydrogens is 482 g/mol. The lowest BCUT2D eigenvalue weighted by Crippen LogP contribution is -2.46. The van der Waals surface area contributed by atoms with Crippen LogP contribution in [0, 0.1) is 0 Å². The number of piperazine rings is 1. The Balaban J connectivity index is 1.39. The van der Waals surface area contributed by atoms with Crippen LogP contribution in [0.15, 0.2) is 67.3 Å². The Morgan fingerprint density at radius 2 is 1.50 bits per heavy atom. The molecule has 2 aliphatic heterocycles. The van der Waals surface area contributed by atoms with Gasteiger partial charge in [0.05, 0.1) is 16.9 Å². The highest BCUT2D eigenvalue weighted by molar-refractivity contribution is 6.07. The summed E-state index contributed by atoms with van der Waals surface area (Å²) in [4.78, 5) is 53.2. The molecule has 0 spiro atoms. The zero-order valence-electron chi connectivity index (χ0n) is 21.2. The maximum atomic E-state index is 13.2. The molecule has 0 saturated carbocycles. The number of amides is 3. The van der Waals surface area contributed by atoms with Gasteiger partial charge in [-0.15, -0.1) is 0 Å². The van der Waals surface area contributed by atoms with Gasteiger partial charge in [0.15, 0.2) is 0 Å². The molecule has 2 fully saturated rings. The number of carbonyl (C=O) groups excluding carboxylic acids is 3. The molecular formula is C28H31N7O3. The summed E-state index contributed by atoms with van der Waals surface area (Å²) in [5.74, 6) is -0.367. The van der Waals surface area contributed by atoms with Gasteiger partial charge < -0.3 is 25.3 Å². The number of aromatic nitrogens is 2. The van der Waals surface area contributed by atoms with Crippen LogP contribution < -0.4 is 15.5 Å². The second-order valence-corrected chi connectivity index (χ2v) is 9.34. The van der Waals surface area contributed by atoms with Crippen molar-refractivity contribution in [3.05, 3.63) is 83.9 Å². The quantitative estimate of drug-likeness (QED) is 0.538. The van der Waals surface area contributed by atoms with Crippen LogP contribution >= 0.6 is 0 Å². The molecule has 5 rings (SSSR count). The first-order valence-corrected chi connectivity index (χ1v) is 12.9. The normalized spacial score (nSPS) is 16.1. The van der Waals surface area contributed by atoms with Crippen LogP contribution in [0.25, 0.3) is 0 Å². The molecule has 2 aliphatic rings. The summed E-state index contributed by atoms with van der Waals surface area (Å²) in [6.07, 6.45) is 7.15. The first-order valence-electron chi connectivity index (χ1n) is 12.9. The van der Waals surface area contributed by atoms with Crippen LogP contribution in [0.5, 0.6) is 0 Å². The van der Waals surface area contributed by atoms with E-state index in [1.54, 1.807) is 55.1 Å². The number of rotatable bonds is 5. The van der Waals surface area contributed by atoms with E-state index in [9.17, 15) is 14.4 Å². The molecule has 196 valence electrons. The van der Waals surface area contributed by atoms with Crippen LogP contribution in [0.4, 0.5) is 11.4 Å². The fourth-order valence-corrected chi connectivity index (χ4v) is 4.83. The molecule has 0 radical (unpaired) electrons. The smallest absolute Gasteiger partial charge is 0.255 e. The van der Waals surface area contributed by atoms with Crippen LogP contribution in [0.2, 0.25) is 0 Å². The molecule has 3 aromatic rings. The molecule has 3 amide bonds. The Bertz CT molecular complexity index is 1280. The molecule has 10 heteroatoms. The molecule has 2 saturated heterocycles. The van der Waals surface area contributed by atoms with E-state index in [1.807, 2.05) is 21.9 Å². The third-order valence-corrected chi connectivity index (χ3v) is 6.87. The van der Waals surface area contributed by atoms with Gasteiger partial charge in [-0.05, 0) is 48.9 Å². The lowest BCUT2D eigenvalue weighted by molar-refractivity contribution is 0.0734. The second-order valence-electron chi connectivity index (χ2n) is 9.34. The SMILES string of the molecule is O=C(Nc1cc(C(=O)N2CCNCC2)ccc1N1CCCN(C(=O)c2cccnc2)CC1)c1ccncc1. The average molecular weight is 514 g/mol. The summed E-state index contributed by atoms with van der Waals surface area (Å²) in [5.41, 5.74) is 2.97. The van der Waals surface area contributed by atoms with E-state index in [4.69, 9.17) is 0 Å². The van der Waals surface area contributed by atoms with Crippen molar-refractivity contribution in [3.8, 4) is 0 Å². The molecule has 0 unspecified atom stereocenters. The Hall–Kier alpha value is -4.31. The maximum Gasteiger partial charge on any atom is 0.255 e. The molecule has 0 bridgehead atoms. The average Bonchev–Trinajstić information content (AvgIpc) is 3.24. The largest absolute Gasteiger partial charge is 0.368 e. The van der Waals surface area contributed by atoms with E-state index in [0.29, 0.717) is 61.6 Å². The first-order chi connectivity index (χ1) is 18.6. The minimum atomic E-state index is -0.274. The second kappa shape index (κ2) is 11.8. The van der Waals surface area contributed by atoms with E-state index in [1.165, 1.54) is 0 Å². The first kappa shape index (κ1) is 25.3. The minimum Gasteiger partial charge on any atom is -0.368 e. The molecule has 4 heterocycles. The predicted octanol–water partition coefficient (Wildman–Crippen LogP) is 2.13. The summed E-state index contributed by atoms with van der Waals surface area (Å²) >= 11 is 0. The summed E-state index contributed by atoms with van der Waals surface area (Å²) in [5, 5.41) is 6.28. The molecule has 1 aromatic carbocycles. The molecule has 38 heavy (non-hydrogen) atoms. The van der Waals surface area contributed by atoms with Crippen molar-refractivity contribution in [1.29, 1.82) is 0 Å². The van der Waals surface area contributed by atoms with Gasteiger partial charge in [0.2, 0.25) is 0 Å². The van der Waals surface area contributed by atoms with Gasteiger partial charge in [-0.3, -0.25) is 24.4 Å². The summed E-state index contributed by atoms with van der Waals surface area (Å²) in [7, 11) is 0. The summed E-state index contributed by atoms with van der Waals surface area (Å²) < 4.78 is 0. The van der Waals surface area contributed by atoms with Gasteiger partial charge in [0.25, 0.3) is 17.7 Å². The van der Waals surface area contributed by atoms with E-state index < -0.39 is 0 Å². The Labute approximate surface area is 221 Å². The van der Waals surface area contributed by atoms with Crippen LogP contribution in [0.1, 0.15) is 37.5 Å². The van der Waals surface area contributed by atoms with Crippen LogP contribution in [-0.4, -0.2) is 89.8 Å². The van der Waals surface area contributed by atoms with E-state index in [-0.39, 0.29) is 17.7 Å². The van der Waals surface area contributed by atoms with Crippen molar-refractivity contribution in [2.24, 2.45) is 0 Å². The number of anilines is 2. The van der Waals surface area contributed by atoms with Crippen molar-refractivity contribution in [1.82, 2.24) is 25.1 Å². The van der Waals surface area contributed by atoms with Crippen molar-refractivity contribution in [3.63, 3.8) is 0 Å². The van der Waals surface area contributed by atoms with Gasteiger partial charge in [-0.2, -0.15) is 0 Å². The van der Waals surface area contributed by atoms with E-state index in [0.717, 1.165) is 25.2 Å². The maximum absolute atomic E-state index is 13.2. The number of pyridine rings is 2. The van der Waals surface area contributed by atoms with Crippen LogP contribution in [0.3, 0.4) is 0 Å². The van der Waals surface area contributed by atoms with Crippen molar-refractivity contribution >= 4 is 29.1 Å². The van der Waals surface area contributed by atoms with E-state index in [2.05, 4.69) is 25.5 Å². The number of nitrogens with one attached hydrogen (secondary N) is 2. The van der Waals surface area contributed by atoms with Crippen LogP contribution in [-0.2, 0) is 0 Å². The highest BCUT2D eigenvalue weighted by atomic mass is 16.2. The Kier molecular flexibility index (Phi) is 7.89. The highest BCUT2D eigenvalue weighted by Gasteiger charge is 2.24. The zero-order chi connectivity index (χ0) is 26.3. The van der Waals surface area contributed by atoms with Gasteiger partial charge in [0, 0.05) is 88.3 Å². The fourth-order valence-electron chi connectivity index (χ4n) is 4.83. The summed E-state index contributed by atoms with van der Waals surface area (Å²) in [6, 6.07) is 12.3. The van der Waals surface area contributed by atoms with E-state index >= 15 is 0 Å². The number of carbonyl (C=O) groups is 3. The molecule has 2 N–H and O–H groups in total. The monoisotopic (exact) mass is 513 g/mol. The van der Waals surface area contributed by atoms with Crippen molar-refractivity contribution < 1.29 is 14.4 Å². The standard InChI is InChI=1S/C28H31N7O3/c36-26(21-6-9-29-10-7-21)32-24-19-22(27(37)35-15-11-30-12-16-35)4-5-25(24)33-13-2-14-34(18-17-33)28(38)23-3-1-8-31-20-23/h1,3-10,19-20,30H,2,11-18H2,(H,32,36). The number of hydrogen-bond donors (Lipinski definition) is 2. The molecule has 10 nitrogen and oxygen atoms in total. The van der Waals surface area contributed by atoms with Gasteiger partial charge in [-0.1, -0.05) is 0 Å². The minimum absolute atomic E-state index is 0.0388. The lowest BCUT2D eigenvalue weighted by Gasteiger charge is -2.29. The van der Waals surface area contributed by atoms with Gasteiger partial charge >= 0.3 is 0 Å². The number of benzene rings is 1. The number of hydrogen-bond acceptors (Lipinski definition) is 7. The third-order valence-electron chi connectivity index (χ3n) is 6.87. The number of nitrogens with zero attached hydrogens (tertiary/aromatic N) is 5. The Morgan fingerprint density at radius 1 is 0.737 bits per heavy atom.